The largest absolute Gasteiger partial charge is 0.480 e. The maximum absolute atomic E-state index is 11.7. The van der Waals surface area contributed by atoms with Gasteiger partial charge < -0.3 is 25.8 Å². The molecule has 1 aliphatic heterocycles. The van der Waals surface area contributed by atoms with E-state index in [9.17, 15) is 14.4 Å². The van der Waals surface area contributed by atoms with E-state index in [1.165, 1.54) is 4.90 Å². The Morgan fingerprint density at radius 2 is 2.17 bits per heavy atom. The molecule has 18 heavy (non-hydrogen) atoms. The SMILES string of the molecule is CC1CCN(C(=O)NCCOC(N)=O)C1C(=O)O. The van der Waals surface area contributed by atoms with Crippen molar-refractivity contribution in [3.05, 3.63) is 0 Å². The van der Waals surface area contributed by atoms with Crippen LogP contribution in [0.3, 0.4) is 0 Å². The Morgan fingerprint density at radius 1 is 1.50 bits per heavy atom. The normalized spacial score (nSPS) is 22.6. The molecule has 0 aromatic carbocycles. The summed E-state index contributed by atoms with van der Waals surface area (Å²) in [5.41, 5.74) is 4.75. The van der Waals surface area contributed by atoms with Gasteiger partial charge in [0.1, 0.15) is 12.6 Å². The van der Waals surface area contributed by atoms with Gasteiger partial charge in [-0.05, 0) is 12.3 Å². The number of nitrogens with zero attached hydrogens (tertiary/aromatic N) is 1. The molecule has 1 rings (SSSR count). The molecule has 0 radical (unpaired) electrons. The van der Waals surface area contributed by atoms with Gasteiger partial charge in [-0.25, -0.2) is 14.4 Å². The molecule has 4 N–H and O–H groups in total. The van der Waals surface area contributed by atoms with Crippen molar-refractivity contribution in [2.75, 3.05) is 19.7 Å². The first-order chi connectivity index (χ1) is 8.43. The van der Waals surface area contributed by atoms with Gasteiger partial charge in [-0.15, -0.1) is 0 Å². The third-order valence-electron chi connectivity index (χ3n) is 2.84. The lowest BCUT2D eigenvalue weighted by Gasteiger charge is -2.23. The number of primary amides is 1. The van der Waals surface area contributed by atoms with Crippen molar-refractivity contribution in [3.63, 3.8) is 0 Å². The standard InChI is InChI=1S/C10H17N3O5/c1-6-2-4-13(7(6)8(14)15)10(17)12-3-5-18-9(11)16/h6-7H,2-5H2,1H3,(H2,11,16)(H,12,17)(H,14,15). The Labute approximate surface area is 104 Å². The number of aliphatic carboxylic acids is 1. The zero-order valence-corrected chi connectivity index (χ0v) is 10.1. The van der Waals surface area contributed by atoms with E-state index in [2.05, 4.69) is 10.1 Å². The Morgan fingerprint density at radius 3 is 2.72 bits per heavy atom. The van der Waals surface area contributed by atoms with Crippen LogP contribution in [0.4, 0.5) is 9.59 Å². The van der Waals surface area contributed by atoms with Crippen LogP contribution >= 0.6 is 0 Å². The van der Waals surface area contributed by atoms with E-state index in [4.69, 9.17) is 10.8 Å². The molecule has 2 atom stereocenters. The van der Waals surface area contributed by atoms with E-state index in [1.54, 1.807) is 6.92 Å². The number of carboxylic acids is 1. The minimum atomic E-state index is -1.01. The predicted molar refractivity (Wildman–Crippen MR) is 60.8 cm³/mol. The Hall–Kier alpha value is -1.99. The van der Waals surface area contributed by atoms with Crippen LogP contribution in [-0.4, -0.2) is 53.8 Å². The molecule has 0 saturated carbocycles. The summed E-state index contributed by atoms with van der Waals surface area (Å²) in [4.78, 5) is 34.3. The number of hydrogen-bond acceptors (Lipinski definition) is 4. The quantitative estimate of drug-likeness (QED) is 0.592. The van der Waals surface area contributed by atoms with Gasteiger partial charge in [0.2, 0.25) is 0 Å². The topological polar surface area (TPSA) is 122 Å². The number of rotatable bonds is 4. The third kappa shape index (κ3) is 3.51. The summed E-state index contributed by atoms with van der Waals surface area (Å²) in [7, 11) is 0. The van der Waals surface area contributed by atoms with Gasteiger partial charge in [0.25, 0.3) is 0 Å². The molecule has 0 bridgehead atoms. The van der Waals surface area contributed by atoms with Crippen LogP contribution in [0.15, 0.2) is 0 Å². The van der Waals surface area contributed by atoms with Crippen LogP contribution in [0.25, 0.3) is 0 Å². The molecule has 0 spiro atoms. The second kappa shape index (κ2) is 6.08. The molecule has 102 valence electrons. The minimum Gasteiger partial charge on any atom is -0.480 e. The molecule has 0 aliphatic carbocycles. The van der Waals surface area contributed by atoms with Crippen LogP contribution in [0.2, 0.25) is 0 Å². The highest BCUT2D eigenvalue weighted by Gasteiger charge is 2.39. The number of nitrogens with one attached hydrogen (secondary N) is 1. The van der Waals surface area contributed by atoms with Gasteiger partial charge >= 0.3 is 18.1 Å². The molecular weight excluding hydrogens is 242 g/mol. The number of urea groups is 1. The van der Waals surface area contributed by atoms with Crippen LogP contribution in [0.5, 0.6) is 0 Å². The number of hydrogen-bond donors (Lipinski definition) is 3. The molecule has 0 aromatic heterocycles. The van der Waals surface area contributed by atoms with Gasteiger partial charge in [0, 0.05) is 6.54 Å². The molecule has 1 aliphatic rings. The van der Waals surface area contributed by atoms with Crippen LogP contribution in [0.1, 0.15) is 13.3 Å². The molecule has 1 heterocycles. The molecule has 1 fully saturated rings. The first-order valence-corrected chi connectivity index (χ1v) is 5.63. The van der Waals surface area contributed by atoms with Crippen LogP contribution in [-0.2, 0) is 9.53 Å². The summed E-state index contributed by atoms with van der Waals surface area (Å²) < 4.78 is 4.44. The van der Waals surface area contributed by atoms with Crippen LogP contribution < -0.4 is 11.1 Å². The zero-order valence-electron chi connectivity index (χ0n) is 10.1. The molecule has 2 unspecified atom stereocenters. The third-order valence-corrected chi connectivity index (χ3v) is 2.84. The fourth-order valence-electron chi connectivity index (χ4n) is 1.96. The maximum Gasteiger partial charge on any atom is 0.404 e. The van der Waals surface area contributed by atoms with Crippen molar-refractivity contribution in [2.24, 2.45) is 11.7 Å². The second-order valence-electron chi connectivity index (χ2n) is 4.14. The van der Waals surface area contributed by atoms with Gasteiger partial charge in [-0.2, -0.15) is 0 Å². The fraction of sp³-hybridized carbons (Fsp3) is 0.700. The molecule has 3 amide bonds. The molecule has 8 nitrogen and oxygen atoms in total. The summed E-state index contributed by atoms with van der Waals surface area (Å²) in [6, 6.07) is -1.28. The lowest BCUT2D eigenvalue weighted by molar-refractivity contribution is -0.142. The van der Waals surface area contributed by atoms with E-state index < -0.39 is 24.1 Å². The first-order valence-electron chi connectivity index (χ1n) is 5.63. The lowest BCUT2D eigenvalue weighted by Crippen LogP contribution is -2.48. The van der Waals surface area contributed by atoms with Crippen molar-refractivity contribution in [1.29, 1.82) is 0 Å². The molecule has 1 saturated heterocycles. The number of nitrogens with two attached hydrogens (primary N) is 1. The van der Waals surface area contributed by atoms with E-state index in [1.807, 2.05) is 0 Å². The second-order valence-corrected chi connectivity index (χ2v) is 4.14. The number of carboxylic acid groups (broad SMARTS) is 1. The highest BCUT2D eigenvalue weighted by atomic mass is 16.5. The van der Waals surface area contributed by atoms with Crippen LogP contribution in [0, 0.1) is 5.92 Å². The molecule has 8 heteroatoms. The van der Waals surface area contributed by atoms with E-state index >= 15 is 0 Å². The van der Waals surface area contributed by atoms with Crippen molar-refractivity contribution < 1.29 is 24.2 Å². The average molecular weight is 259 g/mol. The van der Waals surface area contributed by atoms with Gasteiger partial charge in [-0.1, -0.05) is 6.92 Å². The van der Waals surface area contributed by atoms with Gasteiger partial charge in [0.05, 0.1) is 6.54 Å². The highest BCUT2D eigenvalue weighted by molar-refractivity contribution is 5.83. The summed E-state index contributed by atoms with van der Waals surface area (Å²) in [5.74, 6) is -1.08. The summed E-state index contributed by atoms with van der Waals surface area (Å²) in [6.45, 7) is 2.25. The number of amides is 3. The minimum absolute atomic E-state index is 0.0395. The number of carbonyl (C=O) groups excluding carboxylic acids is 2. The first kappa shape index (κ1) is 14.1. The molecule has 0 aromatic rings. The van der Waals surface area contributed by atoms with Crippen molar-refractivity contribution in [3.8, 4) is 0 Å². The lowest BCUT2D eigenvalue weighted by atomic mass is 10.0. The maximum atomic E-state index is 11.7. The van der Waals surface area contributed by atoms with Gasteiger partial charge in [-0.3, -0.25) is 0 Å². The number of carbonyl (C=O) groups is 3. The number of likely N-dealkylation sites (tertiary alicyclic amines) is 1. The van der Waals surface area contributed by atoms with Crippen molar-refractivity contribution in [1.82, 2.24) is 10.2 Å². The summed E-state index contributed by atoms with van der Waals surface area (Å²) in [5, 5.41) is 11.5. The summed E-state index contributed by atoms with van der Waals surface area (Å²) >= 11 is 0. The van der Waals surface area contributed by atoms with E-state index in [-0.39, 0.29) is 19.1 Å². The van der Waals surface area contributed by atoms with E-state index in [0.29, 0.717) is 13.0 Å². The average Bonchev–Trinajstić information content (AvgIpc) is 2.66. The smallest absolute Gasteiger partial charge is 0.404 e. The highest BCUT2D eigenvalue weighted by Crippen LogP contribution is 2.23. The molecular formula is C10H17N3O5. The van der Waals surface area contributed by atoms with Gasteiger partial charge in [0.15, 0.2) is 0 Å². The van der Waals surface area contributed by atoms with Crippen molar-refractivity contribution in [2.45, 2.75) is 19.4 Å². The monoisotopic (exact) mass is 259 g/mol. The predicted octanol–water partition coefficient (Wildman–Crippen LogP) is -0.414. The fourth-order valence-corrected chi connectivity index (χ4v) is 1.96. The Kier molecular flexibility index (Phi) is 4.75. The summed E-state index contributed by atoms with van der Waals surface area (Å²) in [6.07, 6.45) is -0.259. The van der Waals surface area contributed by atoms with E-state index in [0.717, 1.165) is 0 Å². The number of ether oxygens (including phenoxy) is 1. The van der Waals surface area contributed by atoms with Crippen molar-refractivity contribution >= 4 is 18.1 Å². The zero-order chi connectivity index (χ0) is 13.7. The Bertz CT molecular complexity index is 346. The Balaban J connectivity index is 2.41.